The molecule has 0 aromatic rings. The first kappa shape index (κ1) is 57.8. The molecule has 0 heterocycles. The van der Waals surface area contributed by atoms with Gasteiger partial charge in [-0.1, -0.05) is 150 Å². The first-order chi connectivity index (χ1) is 30.2. The lowest BCUT2D eigenvalue weighted by atomic mass is 9.69. The molecule has 0 saturated heterocycles. The van der Waals surface area contributed by atoms with Gasteiger partial charge < -0.3 is 29.0 Å². The lowest BCUT2D eigenvalue weighted by Gasteiger charge is -2.44. The van der Waals surface area contributed by atoms with E-state index >= 15 is 0 Å². The fraction of sp³-hybridized carbons (Fsp3) is 0.923. The number of carbonyl (C=O) groups is 4. The molecule has 0 unspecified atom stereocenters. The Hall–Kier alpha value is -2.20. The molecular weight excluding hydrogens is 783 g/mol. The van der Waals surface area contributed by atoms with Crippen LogP contribution in [0.15, 0.2) is 0 Å². The van der Waals surface area contributed by atoms with Gasteiger partial charge in [0.15, 0.2) is 0 Å². The van der Waals surface area contributed by atoms with E-state index in [1.165, 1.54) is 51.4 Å². The van der Waals surface area contributed by atoms with E-state index in [2.05, 4.69) is 32.6 Å². The minimum absolute atomic E-state index is 0.0317. The average Bonchev–Trinajstić information content (AvgIpc) is 3.25. The van der Waals surface area contributed by atoms with Crippen LogP contribution in [0.5, 0.6) is 0 Å². The van der Waals surface area contributed by atoms with Gasteiger partial charge >= 0.3 is 23.9 Å². The largest absolute Gasteiger partial charge is 0.465 e. The molecule has 62 heavy (non-hydrogen) atoms. The van der Waals surface area contributed by atoms with Gasteiger partial charge in [0.25, 0.3) is 0 Å². The number of esters is 4. The van der Waals surface area contributed by atoms with Crippen molar-refractivity contribution in [1.29, 1.82) is 0 Å². The van der Waals surface area contributed by atoms with Crippen LogP contribution in [-0.4, -0.2) is 86.6 Å². The number of carbonyl (C=O) groups excluding carboxylic acids is 4. The van der Waals surface area contributed by atoms with Crippen LogP contribution in [-0.2, 0) is 38.1 Å². The van der Waals surface area contributed by atoms with Gasteiger partial charge in [-0.15, -0.1) is 0 Å². The zero-order valence-corrected chi connectivity index (χ0v) is 40.8. The van der Waals surface area contributed by atoms with Gasteiger partial charge in [-0.2, -0.15) is 0 Å². The first-order valence-electron chi connectivity index (χ1n) is 26.2. The number of hydrogen-bond donors (Lipinski definition) is 1. The fourth-order valence-electron chi connectivity index (χ4n) is 8.38. The molecule has 1 fully saturated rings. The molecule has 1 N–H and O–H groups in total. The van der Waals surface area contributed by atoms with E-state index in [1.807, 2.05) is 0 Å². The van der Waals surface area contributed by atoms with Gasteiger partial charge in [-0.05, 0) is 77.3 Å². The summed E-state index contributed by atoms with van der Waals surface area (Å²) in [6, 6.07) is 0. The van der Waals surface area contributed by atoms with Crippen molar-refractivity contribution in [2.75, 3.05) is 52.7 Å². The van der Waals surface area contributed by atoms with E-state index in [9.17, 15) is 24.3 Å². The third-order valence-corrected chi connectivity index (χ3v) is 12.8. The summed E-state index contributed by atoms with van der Waals surface area (Å²) in [5, 5.41) is 10.4. The minimum Gasteiger partial charge on any atom is -0.465 e. The SMILES string of the molecule is CCCCCCCC(=O)OCC(CCCCN(CCCCC(COC(=O)CCCCCCC)COC(=O)CCCCCCC)CC1(CO)CCC1)COC(=O)CCCCCCC. The molecule has 0 aromatic carbocycles. The highest BCUT2D eigenvalue weighted by Crippen LogP contribution is 2.41. The highest BCUT2D eigenvalue weighted by atomic mass is 16.6. The summed E-state index contributed by atoms with van der Waals surface area (Å²) in [5.74, 6) is -0.719. The highest BCUT2D eigenvalue weighted by molar-refractivity contribution is 5.70. The third-order valence-electron chi connectivity index (χ3n) is 12.8. The molecule has 0 aliphatic heterocycles. The standard InChI is InChI=1S/C52H97NO9/c1-5-9-13-17-21-32-48(55)59-40-46(41-60-49(56)33-22-18-14-10-6-2)30-25-27-38-53(44-52(45-54)36-29-37-52)39-28-26-31-47(42-61-50(57)34-23-19-15-11-7-3)43-62-51(58)35-24-20-16-12-8-4/h46-47,54H,5-45H2,1-4H3. The monoisotopic (exact) mass is 880 g/mol. The van der Waals surface area contributed by atoms with Crippen LogP contribution in [0.4, 0.5) is 0 Å². The molecule has 0 amide bonds. The van der Waals surface area contributed by atoms with Crippen LogP contribution >= 0.6 is 0 Å². The number of unbranched alkanes of at least 4 members (excludes halogenated alkanes) is 18. The Balaban J connectivity index is 2.77. The van der Waals surface area contributed by atoms with Crippen molar-refractivity contribution in [3.63, 3.8) is 0 Å². The Bertz CT molecular complexity index is 959. The Morgan fingerprint density at radius 1 is 0.452 bits per heavy atom. The summed E-state index contributed by atoms with van der Waals surface area (Å²) in [6.45, 7) is 12.7. The number of hydrogen-bond acceptors (Lipinski definition) is 10. The summed E-state index contributed by atoms with van der Waals surface area (Å²) < 4.78 is 22.9. The second-order valence-corrected chi connectivity index (χ2v) is 18.9. The number of rotatable bonds is 45. The molecule has 0 aromatic heterocycles. The van der Waals surface area contributed by atoms with E-state index in [1.54, 1.807) is 0 Å². The number of nitrogens with zero attached hydrogens (tertiary/aromatic N) is 1. The maximum atomic E-state index is 12.6. The van der Waals surface area contributed by atoms with Gasteiger partial charge in [0.1, 0.15) is 0 Å². The summed E-state index contributed by atoms with van der Waals surface area (Å²) >= 11 is 0. The van der Waals surface area contributed by atoms with Crippen LogP contribution in [0.1, 0.15) is 240 Å². The predicted octanol–water partition coefficient (Wildman–Crippen LogP) is 12.6. The Kier molecular flexibility index (Phi) is 37.6. The molecule has 0 atom stereocenters. The van der Waals surface area contributed by atoms with Crippen molar-refractivity contribution in [1.82, 2.24) is 4.90 Å². The molecular formula is C52H97NO9. The van der Waals surface area contributed by atoms with E-state index in [-0.39, 0.29) is 74.2 Å². The van der Waals surface area contributed by atoms with Crippen molar-refractivity contribution >= 4 is 23.9 Å². The summed E-state index contributed by atoms with van der Waals surface area (Å²) in [5.41, 5.74) is -0.0317. The predicted molar refractivity (Wildman–Crippen MR) is 252 cm³/mol. The van der Waals surface area contributed by atoms with Gasteiger partial charge in [0.05, 0.1) is 26.4 Å². The molecule has 1 rings (SSSR count). The van der Waals surface area contributed by atoms with Gasteiger partial charge in [0.2, 0.25) is 0 Å². The van der Waals surface area contributed by atoms with Gasteiger partial charge in [-0.25, -0.2) is 0 Å². The minimum atomic E-state index is -0.163. The highest BCUT2D eigenvalue weighted by Gasteiger charge is 2.37. The smallest absolute Gasteiger partial charge is 0.305 e. The van der Waals surface area contributed by atoms with Crippen LogP contribution in [0, 0.1) is 17.3 Å². The average molecular weight is 880 g/mol. The Labute approximate surface area is 380 Å². The van der Waals surface area contributed by atoms with Crippen molar-refractivity contribution in [2.45, 2.75) is 240 Å². The van der Waals surface area contributed by atoms with E-state index in [4.69, 9.17) is 18.9 Å². The van der Waals surface area contributed by atoms with Crippen molar-refractivity contribution in [3.05, 3.63) is 0 Å². The van der Waals surface area contributed by atoms with Crippen molar-refractivity contribution in [3.8, 4) is 0 Å². The van der Waals surface area contributed by atoms with Crippen LogP contribution in [0.3, 0.4) is 0 Å². The molecule has 364 valence electrons. The lowest BCUT2D eigenvalue weighted by Crippen LogP contribution is -2.45. The van der Waals surface area contributed by atoms with Crippen LogP contribution in [0.25, 0.3) is 0 Å². The van der Waals surface area contributed by atoms with Crippen LogP contribution in [0.2, 0.25) is 0 Å². The summed E-state index contributed by atoms with van der Waals surface area (Å²) in [4.78, 5) is 52.9. The Morgan fingerprint density at radius 2 is 0.758 bits per heavy atom. The molecule has 10 heteroatoms. The number of aliphatic hydroxyl groups is 1. The maximum absolute atomic E-state index is 12.6. The zero-order valence-electron chi connectivity index (χ0n) is 40.8. The quantitative estimate of drug-likeness (QED) is 0.0358. The van der Waals surface area contributed by atoms with Gasteiger partial charge in [-0.3, -0.25) is 19.2 Å². The van der Waals surface area contributed by atoms with Crippen LogP contribution < -0.4 is 0 Å². The van der Waals surface area contributed by atoms with E-state index < -0.39 is 0 Å². The molecule has 0 bridgehead atoms. The van der Waals surface area contributed by atoms with Crippen molar-refractivity contribution < 1.29 is 43.2 Å². The Morgan fingerprint density at radius 3 is 1.02 bits per heavy atom. The molecule has 1 aliphatic carbocycles. The van der Waals surface area contributed by atoms with E-state index in [0.29, 0.717) is 25.7 Å². The molecule has 0 spiro atoms. The fourth-order valence-corrected chi connectivity index (χ4v) is 8.38. The molecule has 0 radical (unpaired) electrons. The normalized spacial score (nSPS) is 13.4. The summed E-state index contributed by atoms with van der Waals surface area (Å²) in [7, 11) is 0. The second kappa shape index (κ2) is 40.3. The second-order valence-electron chi connectivity index (χ2n) is 18.9. The topological polar surface area (TPSA) is 129 Å². The zero-order chi connectivity index (χ0) is 45.4. The third kappa shape index (κ3) is 32.5. The maximum Gasteiger partial charge on any atom is 0.305 e. The van der Waals surface area contributed by atoms with Gasteiger partial charge in [0, 0.05) is 56.1 Å². The van der Waals surface area contributed by atoms with E-state index in [0.717, 1.165) is 154 Å². The molecule has 10 nitrogen and oxygen atoms in total. The molecule has 1 aliphatic rings. The van der Waals surface area contributed by atoms with Crippen molar-refractivity contribution in [2.24, 2.45) is 17.3 Å². The lowest BCUT2D eigenvalue weighted by molar-refractivity contribution is -0.151. The first-order valence-corrected chi connectivity index (χ1v) is 26.2. The summed E-state index contributed by atoms with van der Waals surface area (Å²) in [6.07, 6.45) is 31.9. The number of aliphatic hydroxyl groups excluding tert-OH is 1. The molecule has 1 saturated carbocycles. The number of ether oxygens (including phenoxy) is 4.